The summed E-state index contributed by atoms with van der Waals surface area (Å²) in [6, 6.07) is 7.56. The van der Waals surface area contributed by atoms with Gasteiger partial charge in [0.1, 0.15) is 0 Å². The molecule has 1 aromatic heterocycles. The molecule has 2 aliphatic rings. The van der Waals surface area contributed by atoms with E-state index in [1.807, 2.05) is 44.4 Å². The Kier molecular flexibility index (Phi) is 2.10. The van der Waals surface area contributed by atoms with Crippen molar-refractivity contribution in [3.05, 3.63) is 53.6 Å². The van der Waals surface area contributed by atoms with Gasteiger partial charge in [-0.25, -0.2) is 0 Å². The predicted molar refractivity (Wildman–Crippen MR) is 77.9 cm³/mol. The highest BCUT2D eigenvalue weighted by atomic mass is 16.3. The highest BCUT2D eigenvalue weighted by Gasteiger charge is 2.54. The molecule has 2 aromatic rings. The van der Waals surface area contributed by atoms with Crippen molar-refractivity contribution in [2.24, 2.45) is 7.05 Å². The first-order valence-electron chi connectivity index (χ1n) is 6.67. The first-order chi connectivity index (χ1) is 10.0. The van der Waals surface area contributed by atoms with Crippen LogP contribution >= 0.6 is 0 Å². The van der Waals surface area contributed by atoms with E-state index >= 15 is 0 Å². The van der Waals surface area contributed by atoms with Crippen LogP contribution in [0.25, 0.3) is 0 Å². The van der Waals surface area contributed by atoms with Gasteiger partial charge in [-0.05, 0) is 19.1 Å². The summed E-state index contributed by atoms with van der Waals surface area (Å²) in [7, 11) is 1.83. The number of nitrogens with zero attached hydrogens (tertiary/aromatic N) is 3. The third-order valence-corrected chi connectivity index (χ3v) is 4.01. The molecule has 2 N–H and O–H groups in total. The van der Waals surface area contributed by atoms with Gasteiger partial charge in [-0.3, -0.25) is 14.4 Å². The molecule has 1 atom stereocenters. The fourth-order valence-corrected chi connectivity index (χ4v) is 3.21. The van der Waals surface area contributed by atoms with Crippen molar-refractivity contribution < 1.29 is 9.90 Å². The van der Waals surface area contributed by atoms with Crippen LogP contribution < -0.4 is 10.2 Å². The van der Waals surface area contributed by atoms with Crippen LogP contribution in [-0.2, 0) is 17.5 Å². The summed E-state index contributed by atoms with van der Waals surface area (Å²) < 4.78 is 1.70. The normalized spacial score (nSPS) is 22.9. The van der Waals surface area contributed by atoms with E-state index in [9.17, 15) is 9.90 Å². The average molecular weight is 282 g/mol. The zero-order valence-electron chi connectivity index (χ0n) is 11.7. The van der Waals surface area contributed by atoms with E-state index in [0.29, 0.717) is 0 Å². The topological polar surface area (TPSA) is 70.4 Å². The van der Waals surface area contributed by atoms with Crippen LogP contribution in [0.15, 0.2) is 42.3 Å². The van der Waals surface area contributed by atoms with E-state index in [1.54, 1.807) is 15.7 Å². The number of aryl methyl sites for hydroxylation is 2. The van der Waals surface area contributed by atoms with Gasteiger partial charge in [-0.15, -0.1) is 0 Å². The van der Waals surface area contributed by atoms with Crippen molar-refractivity contribution in [3.63, 3.8) is 0 Å². The van der Waals surface area contributed by atoms with Gasteiger partial charge in [0.15, 0.2) is 11.4 Å². The zero-order valence-corrected chi connectivity index (χ0v) is 11.7. The second-order valence-corrected chi connectivity index (χ2v) is 5.38. The van der Waals surface area contributed by atoms with E-state index in [4.69, 9.17) is 0 Å². The number of aromatic nitrogens is 2. The molecule has 0 spiro atoms. The standard InChI is InChI=1S/C15H14N4O2/c1-9-10(8-18(2)17-9)15-7-13(20)14(21)19(15)12-6-4-3-5-11(12)16-15/h3-8,16,20H,1-2H3/t15-/m0/s1. The summed E-state index contributed by atoms with van der Waals surface area (Å²) in [5.41, 5.74) is 2.37. The highest BCUT2D eigenvalue weighted by molar-refractivity contribution is 6.13. The molecule has 0 radical (unpaired) electrons. The van der Waals surface area contributed by atoms with Gasteiger partial charge in [0.25, 0.3) is 5.91 Å². The number of aliphatic hydroxyl groups is 1. The number of benzene rings is 1. The monoisotopic (exact) mass is 282 g/mol. The first-order valence-corrected chi connectivity index (χ1v) is 6.67. The summed E-state index contributed by atoms with van der Waals surface area (Å²) in [5.74, 6) is -0.657. The van der Waals surface area contributed by atoms with Gasteiger partial charge in [0.2, 0.25) is 0 Å². The molecule has 1 aromatic carbocycles. The molecule has 0 saturated heterocycles. The number of hydrogen-bond acceptors (Lipinski definition) is 4. The molecule has 4 rings (SSSR count). The number of rotatable bonds is 1. The number of nitrogens with one attached hydrogen (secondary N) is 1. The number of amides is 1. The minimum absolute atomic E-state index is 0.250. The maximum Gasteiger partial charge on any atom is 0.295 e. The molecule has 0 bridgehead atoms. The van der Waals surface area contributed by atoms with E-state index in [-0.39, 0.29) is 5.76 Å². The largest absolute Gasteiger partial charge is 0.503 e. The molecule has 0 fully saturated rings. The molecule has 6 nitrogen and oxygen atoms in total. The Labute approximate surface area is 121 Å². The molecular weight excluding hydrogens is 268 g/mol. The molecule has 0 aliphatic carbocycles. The molecule has 2 aliphatic heterocycles. The molecule has 1 amide bonds. The lowest BCUT2D eigenvalue weighted by Gasteiger charge is -2.30. The van der Waals surface area contributed by atoms with Crippen molar-refractivity contribution in [2.45, 2.75) is 12.6 Å². The summed E-state index contributed by atoms with van der Waals surface area (Å²) in [5, 5.41) is 17.7. The van der Waals surface area contributed by atoms with Crippen LogP contribution in [0.3, 0.4) is 0 Å². The van der Waals surface area contributed by atoms with Crippen molar-refractivity contribution in [2.75, 3.05) is 10.2 Å². The van der Waals surface area contributed by atoms with Crippen LogP contribution in [0.1, 0.15) is 11.3 Å². The minimum Gasteiger partial charge on any atom is -0.503 e. The maximum absolute atomic E-state index is 12.4. The lowest BCUT2D eigenvalue weighted by molar-refractivity contribution is -0.117. The second-order valence-electron chi connectivity index (χ2n) is 5.38. The fourth-order valence-electron chi connectivity index (χ4n) is 3.21. The van der Waals surface area contributed by atoms with E-state index in [0.717, 1.165) is 22.6 Å². The van der Waals surface area contributed by atoms with Crippen molar-refractivity contribution >= 4 is 17.3 Å². The van der Waals surface area contributed by atoms with Gasteiger partial charge in [0, 0.05) is 24.9 Å². The zero-order chi connectivity index (χ0) is 14.8. The number of hydrogen-bond donors (Lipinski definition) is 2. The fraction of sp³-hybridized carbons (Fsp3) is 0.200. The quantitative estimate of drug-likeness (QED) is 0.836. The van der Waals surface area contributed by atoms with Gasteiger partial charge >= 0.3 is 0 Å². The molecule has 106 valence electrons. The van der Waals surface area contributed by atoms with Crippen molar-refractivity contribution in [1.29, 1.82) is 0 Å². The number of para-hydroxylation sites is 2. The predicted octanol–water partition coefficient (Wildman–Crippen LogP) is 1.80. The van der Waals surface area contributed by atoms with Crippen molar-refractivity contribution in [1.82, 2.24) is 9.78 Å². The lowest BCUT2D eigenvalue weighted by atomic mass is 10.0. The molecule has 21 heavy (non-hydrogen) atoms. The Bertz CT molecular complexity index is 808. The average Bonchev–Trinajstić information content (AvgIpc) is 3.02. The van der Waals surface area contributed by atoms with E-state index < -0.39 is 11.6 Å². The number of anilines is 2. The Morgan fingerprint density at radius 1 is 1.33 bits per heavy atom. The Balaban J connectivity index is 1.99. The SMILES string of the molecule is Cc1nn(C)cc1[C@]12C=C(O)C(=O)N1c1ccccc1N2. The number of aliphatic hydroxyl groups excluding tert-OH is 1. The van der Waals surface area contributed by atoms with E-state index in [1.165, 1.54) is 0 Å². The molecule has 3 heterocycles. The van der Waals surface area contributed by atoms with Crippen LogP contribution in [0.4, 0.5) is 11.4 Å². The van der Waals surface area contributed by atoms with Crippen LogP contribution in [0, 0.1) is 6.92 Å². The molecular formula is C15H14N4O2. The Morgan fingerprint density at radius 3 is 2.81 bits per heavy atom. The third-order valence-electron chi connectivity index (χ3n) is 4.01. The Hall–Kier alpha value is -2.76. The molecule has 0 saturated carbocycles. The van der Waals surface area contributed by atoms with Crippen LogP contribution in [0.5, 0.6) is 0 Å². The van der Waals surface area contributed by atoms with Gasteiger partial charge < -0.3 is 10.4 Å². The first kappa shape index (κ1) is 12.0. The van der Waals surface area contributed by atoms with Crippen molar-refractivity contribution in [3.8, 4) is 0 Å². The third kappa shape index (κ3) is 1.36. The smallest absolute Gasteiger partial charge is 0.295 e. The van der Waals surface area contributed by atoms with Gasteiger partial charge in [-0.2, -0.15) is 5.10 Å². The summed E-state index contributed by atoms with van der Waals surface area (Å²) in [4.78, 5) is 14.0. The number of fused-ring (bicyclic) bond motifs is 3. The second kappa shape index (κ2) is 3.66. The Morgan fingerprint density at radius 2 is 2.10 bits per heavy atom. The summed E-state index contributed by atoms with van der Waals surface area (Å²) in [6.45, 7) is 1.89. The molecule has 0 unspecified atom stereocenters. The lowest BCUT2D eigenvalue weighted by Crippen LogP contribution is -2.45. The number of carbonyl (C=O) groups is 1. The maximum atomic E-state index is 12.4. The van der Waals surface area contributed by atoms with E-state index in [2.05, 4.69) is 10.4 Å². The number of carbonyl (C=O) groups excluding carboxylic acids is 1. The molecule has 6 heteroatoms. The summed E-state index contributed by atoms with van der Waals surface area (Å²) in [6.07, 6.45) is 3.42. The van der Waals surface area contributed by atoms with Gasteiger partial charge in [-0.1, -0.05) is 12.1 Å². The highest BCUT2D eigenvalue weighted by Crippen LogP contribution is 2.50. The van der Waals surface area contributed by atoms with Crippen LogP contribution in [-0.4, -0.2) is 20.8 Å². The summed E-state index contributed by atoms with van der Waals surface area (Å²) >= 11 is 0. The minimum atomic E-state index is -0.900. The van der Waals surface area contributed by atoms with Gasteiger partial charge in [0.05, 0.1) is 17.1 Å². The van der Waals surface area contributed by atoms with Crippen LogP contribution in [0.2, 0.25) is 0 Å².